The van der Waals surface area contributed by atoms with Gasteiger partial charge in [0, 0.05) is 36.3 Å². The molecule has 2 N–H and O–H groups in total. The van der Waals surface area contributed by atoms with Gasteiger partial charge in [-0.05, 0) is 49.4 Å². The Kier molecular flexibility index (Phi) is 6.82. The van der Waals surface area contributed by atoms with E-state index in [9.17, 15) is 30.4 Å². The Morgan fingerprint density at radius 2 is 1.68 bits per heavy atom. The molecule has 0 amide bonds. The number of anilines is 1. The number of nitro benzene ring substituents is 2. The molecule has 11 heteroatoms. The van der Waals surface area contributed by atoms with Crippen LogP contribution in [0.5, 0.6) is 0 Å². The van der Waals surface area contributed by atoms with E-state index >= 15 is 0 Å². The molecule has 1 aromatic heterocycles. The normalized spacial score (nSPS) is 18.3. The SMILES string of the molecule is O=[N+]([O-])c1cc(N2CCC(CO)(CO)CC2)cc(-c2ccc3c(c2)ncn3C2CCCCC2)c1[N+](=O)[O-]. The molecule has 2 fully saturated rings. The van der Waals surface area contributed by atoms with Crippen molar-refractivity contribution < 1.29 is 20.1 Å². The van der Waals surface area contributed by atoms with E-state index in [1.807, 2.05) is 17.3 Å². The fourth-order valence-corrected chi connectivity index (χ4v) is 5.79. The number of nitrogens with zero attached hydrogens (tertiary/aromatic N) is 5. The highest BCUT2D eigenvalue weighted by molar-refractivity contribution is 5.89. The Bertz CT molecular complexity index is 1320. The third-order valence-corrected chi connectivity index (χ3v) is 8.17. The van der Waals surface area contributed by atoms with Crippen LogP contribution in [0.25, 0.3) is 22.2 Å². The van der Waals surface area contributed by atoms with E-state index in [1.54, 1.807) is 18.2 Å². The highest BCUT2D eigenvalue weighted by Gasteiger charge is 2.36. The number of fused-ring (bicyclic) bond motifs is 1. The molecule has 1 saturated carbocycles. The van der Waals surface area contributed by atoms with Gasteiger partial charge in [-0.3, -0.25) is 20.2 Å². The van der Waals surface area contributed by atoms with Crippen LogP contribution in [0.2, 0.25) is 0 Å². The topological polar surface area (TPSA) is 148 Å². The van der Waals surface area contributed by atoms with Crippen molar-refractivity contribution >= 4 is 28.1 Å². The number of aliphatic hydroxyl groups is 2. The van der Waals surface area contributed by atoms with Gasteiger partial charge in [0.15, 0.2) is 0 Å². The molecule has 0 bridgehead atoms. The first-order valence-corrected chi connectivity index (χ1v) is 12.8. The highest BCUT2D eigenvalue weighted by Crippen LogP contribution is 2.43. The van der Waals surface area contributed by atoms with Crippen LogP contribution in [0, 0.1) is 25.6 Å². The molecule has 5 rings (SSSR count). The van der Waals surface area contributed by atoms with Crippen LogP contribution in [-0.2, 0) is 0 Å². The summed E-state index contributed by atoms with van der Waals surface area (Å²) in [6.07, 6.45) is 8.62. The fraction of sp³-hybridized carbons (Fsp3) is 0.500. The molecule has 1 aliphatic heterocycles. The highest BCUT2D eigenvalue weighted by atomic mass is 16.6. The van der Waals surface area contributed by atoms with Crippen LogP contribution in [0.1, 0.15) is 51.0 Å². The minimum absolute atomic E-state index is 0.142. The molecule has 37 heavy (non-hydrogen) atoms. The molecule has 0 spiro atoms. The second-order valence-corrected chi connectivity index (χ2v) is 10.3. The summed E-state index contributed by atoms with van der Waals surface area (Å²) < 4.78 is 2.17. The summed E-state index contributed by atoms with van der Waals surface area (Å²) in [4.78, 5) is 29.1. The van der Waals surface area contributed by atoms with Gasteiger partial charge in [0.1, 0.15) is 0 Å². The summed E-state index contributed by atoms with van der Waals surface area (Å²) in [6, 6.07) is 8.71. The van der Waals surface area contributed by atoms with Gasteiger partial charge in [-0.25, -0.2) is 4.98 Å². The lowest BCUT2D eigenvalue weighted by Crippen LogP contribution is -2.44. The van der Waals surface area contributed by atoms with Crippen LogP contribution >= 0.6 is 0 Å². The van der Waals surface area contributed by atoms with Crippen molar-refractivity contribution in [3.05, 3.63) is 56.9 Å². The lowest BCUT2D eigenvalue weighted by Gasteiger charge is -2.40. The average Bonchev–Trinajstić information content (AvgIpc) is 3.36. The van der Waals surface area contributed by atoms with Gasteiger partial charge < -0.3 is 19.7 Å². The number of aromatic nitrogens is 2. The van der Waals surface area contributed by atoms with Gasteiger partial charge in [-0.1, -0.05) is 25.3 Å². The summed E-state index contributed by atoms with van der Waals surface area (Å²) >= 11 is 0. The summed E-state index contributed by atoms with van der Waals surface area (Å²) in [5, 5.41) is 43.4. The van der Waals surface area contributed by atoms with E-state index in [1.165, 1.54) is 25.3 Å². The van der Waals surface area contributed by atoms with Crippen LogP contribution in [0.3, 0.4) is 0 Å². The number of piperidine rings is 1. The van der Waals surface area contributed by atoms with Gasteiger partial charge in [-0.2, -0.15) is 0 Å². The van der Waals surface area contributed by atoms with E-state index < -0.39 is 26.6 Å². The van der Waals surface area contributed by atoms with E-state index in [0.717, 1.165) is 18.4 Å². The molecule has 1 saturated heterocycles. The largest absolute Gasteiger partial charge is 0.396 e. The number of hydrogen-bond acceptors (Lipinski definition) is 8. The Balaban J connectivity index is 1.57. The van der Waals surface area contributed by atoms with Crippen LogP contribution in [-0.4, -0.2) is 55.9 Å². The van der Waals surface area contributed by atoms with Crippen molar-refractivity contribution in [2.75, 3.05) is 31.2 Å². The molecule has 1 aliphatic carbocycles. The zero-order chi connectivity index (χ0) is 26.2. The van der Waals surface area contributed by atoms with Crippen molar-refractivity contribution in [1.82, 2.24) is 9.55 Å². The molecule has 0 atom stereocenters. The first-order chi connectivity index (χ1) is 17.9. The van der Waals surface area contributed by atoms with Crippen molar-refractivity contribution in [1.29, 1.82) is 0 Å². The van der Waals surface area contributed by atoms with Crippen molar-refractivity contribution in [2.45, 2.75) is 51.0 Å². The zero-order valence-corrected chi connectivity index (χ0v) is 20.6. The monoisotopic (exact) mass is 509 g/mol. The fourth-order valence-electron chi connectivity index (χ4n) is 5.79. The maximum Gasteiger partial charge on any atom is 0.353 e. The van der Waals surface area contributed by atoms with E-state index in [0.29, 0.717) is 48.7 Å². The third kappa shape index (κ3) is 4.64. The quantitative estimate of drug-likeness (QED) is 0.347. The van der Waals surface area contributed by atoms with Gasteiger partial charge >= 0.3 is 11.4 Å². The predicted octanol–water partition coefficient (Wildman–Crippen LogP) is 4.60. The number of aliphatic hydroxyl groups excluding tert-OH is 2. The maximum atomic E-state index is 12.1. The molecule has 2 aromatic carbocycles. The standard InChI is InChI=1S/C26H31N5O6/c32-15-26(16-33)8-10-28(11-9-26)20-13-21(25(31(36)37)24(14-20)30(34)35)18-6-7-23-22(12-18)27-17-29(23)19-4-2-1-3-5-19/h6-7,12-14,17,19,32-33H,1-5,8-11,15-16H2. The zero-order valence-electron chi connectivity index (χ0n) is 20.6. The molecular formula is C26H31N5O6. The van der Waals surface area contributed by atoms with Gasteiger partial charge in [-0.15, -0.1) is 0 Å². The smallest absolute Gasteiger partial charge is 0.353 e. The number of benzene rings is 2. The Labute approximate surface area is 213 Å². The lowest BCUT2D eigenvalue weighted by molar-refractivity contribution is -0.422. The van der Waals surface area contributed by atoms with Gasteiger partial charge in [0.05, 0.1) is 46.0 Å². The first kappa shape index (κ1) is 25.1. The Morgan fingerprint density at radius 3 is 2.30 bits per heavy atom. The number of imidazole rings is 1. The van der Waals surface area contributed by atoms with E-state index in [2.05, 4.69) is 9.55 Å². The van der Waals surface area contributed by atoms with Crippen LogP contribution < -0.4 is 4.90 Å². The number of hydrogen-bond donors (Lipinski definition) is 2. The second-order valence-electron chi connectivity index (χ2n) is 10.3. The van der Waals surface area contributed by atoms with E-state index in [4.69, 9.17) is 0 Å². The van der Waals surface area contributed by atoms with Gasteiger partial charge in [0.2, 0.25) is 0 Å². The predicted molar refractivity (Wildman–Crippen MR) is 139 cm³/mol. The molecule has 0 unspecified atom stereocenters. The van der Waals surface area contributed by atoms with E-state index in [-0.39, 0.29) is 18.8 Å². The summed E-state index contributed by atoms with van der Waals surface area (Å²) in [6.45, 7) is 0.633. The van der Waals surface area contributed by atoms with Gasteiger partial charge in [0.25, 0.3) is 0 Å². The number of rotatable bonds is 7. The molecule has 3 aromatic rings. The van der Waals surface area contributed by atoms with Crippen molar-refractivity contribution in [2.24, 2.45) is 5.41 Å². The summed E-state index contributed by atoms with van der Waals surface area (Å²) in [7, 11) is 0. The lowest BCUT2D eigenvalue weighted by atomic mass is 9.80. The van der Waals surface area contributed by atoms with Crippen molar-refractivity contribution in [3.63, 3.8) is 0 Å². The average molecular weight is 510 g/mol. The Morgan fingerprint density at radius 1 is 0.973 bits per heavy atom. The van der Waals surface area contributed by atoms with Crippen molar-refractivity contribution in [3.8, 4) is 11.1 Å². The van der Waals surface area contributed by atoms with Crippen LogP contribution in [0.15, 0.2) is 36.7 Å². The minimum atomic E-state index is -0.711. The summed E-state index contributed by atoms with van der Waals surface area (Å²) in [5.41, 5.74) is 1.12. The third-order valence-electron chi connectivity index (χ3n) is 8.17. The summed E-state index contributed by atoms with van der Waals surface area (Å²) in [5.74, 6) is 0. The Hall–Kier alpha value is -3.57. The first-order valence-electron chi connectivity index (χ1n) is 12.8. The molecule has 0 radical (unpaired) electrons. The molecule has 196 valence electrons. The molecular weight excluding hydrogens is 478 g/mol. The molecule has 11 nitrogen and oxygen atoms in total. The maximum absolute atomic E-state index is 12.1. The minimum Gasteiger partial charge on any atom is -0.396 e. The van der Waals surface area contributed by atoms with Crippen LogP contribution in [0.4, 0.5) is 17.1 Å². The molecule has 2 heterocycles. The number of nitro groups is 2. The molecule has 2 aliphatic rings. The second kappa shape index (κ2) is 10.1.